The van der Waals surface area contributed by atoms with Gasteiger partial charge >= 0.3 is 0 Å². The van der Waals surface area contributed by atoms with Gasteiger partial charge in [-0.05, 0) is 88.5 Å². The topological polar surface area (TPSA) is 53.5 Å². The summed E-state index contributed by atoms with van der Waals surface area (Å²) in [6.07, 6.45) is 8.45. The van der Waals surface area contributed by atoms with E-state index in [0.29, 0.717) is 17.5 Å². The number of hydrogen-bond donors (Lipinski definition) is 0. The maximum atomic E-state index is 5.39. The molecule has 0 bridgehead atoms. The summed E-state index contributed by atoms with van der Waals surface area (Å²) >= 11 is 0. The summed E-state index contributed by atoms with van der Waals surface area (Å²) in [5, 5.41) is 7.05. The molecule has 0 aliphatic heterocycles. The highest BCUT2D eigenvalue weighted by Crippen LogP contribution is 2.47. The molecule has 4 heterocycles. The third-order valence-electron chi connectivity index (χ3n) is 16.9. The number of para-hydroxylation sites is 4. The molecule has 16 aromatic rings. The van der Waals surface area contributed by atoms with Crippen molar-refractivity contribution in [1.29, 1.82) is 0 Å². The van der Waals surface area contributed by atoms with E-state index < -0.39 is 0 Å². The molecule has 0 aliphatic rings. The maximum Gasteiger partial charge on any atom is 0.164 e. The summed E-state index contributed by atoms with van der Waals surface area (Å²) in [6, 6.07) is 104. The number of hydrogen-bond acceptors (Lipinski definition) is 3. The molecule has 0 amide bonds. The van der Waals surface area contributed by atoms with E-state index in [9.17, 15) is 0 Å². The van der Waals surface area contributed by atoms with Gasteiger partial charge in [0.05, 0.1) is 44.5 Å². The first-order chi connectivity index (χ1) is 43.1. The SMILES string of the molecule is C=C/C(=C\C=C\c1ccccc1)c1cc(-c2nc(-c3ccccc3)nc(-c3ccccc3)n2)cc(-c2ccc(-c3ccccc3)cc2)c1-n1c2cc(-n3c4ccccc4c4ccccc43)ccc2c2c(-n3c4ccccc4c4ccccc43)cccc21. The number of fused-ring (bicyclic) bond motifs is 9. The van der Waals surface area contributed by atoms with E-state index >= 15 is 0 Å². The molecule has 87 heavy (non-hydrogen) atoms. The summed E-state index contributed by atoms with van der Waals surface area (Å²) in [6.45, 7) is 4.62. The lowest BCUT2D eigenvalue weighted by molar-refractivity contribution is 1.07. The van der Waals surface area contributed by atoms with Crippen LogP contribution in [0, 0.1) is 0 Å². The highest BCUT2D eigenvalue weighted by atomic mass is 15.1. The molecule has 6 nitrogen and oxygen atoms in total. The second kappa shape index (κ2) is 21.5. The van der Waals surface area contributed by atoms with Gasteiger partial charge in [-0.3, -0.25) is 0 Å². The van der Waals surface area contributed by atoms with Gasteiger partial charge in [0.25, 0.3) is 0 Å². The van der Waals surface area contributed by atoms with Crippen LogP contribution in [0.15, 0.2) is 316 Å². The van der Waals surface area contributed by atoms with Crippen molar-refractivity contribution in [2.24, 2.45) is 0 Å². The Bertz CT molecular complexity index is 5220. The summed E-state index contributed by atoms with van der Waals surface area (Å²) in [4.78, 5) is 15.9. The van der Waals surface area contributed by atoms with E-state index in [4.69, 9.17) is 15.0 Å². The third kappa shape index (κ3) is 8.86. The van der Waals surface area contributed by atoms with Crippen LogP contribution in [0.2, 0.25) is 0 Å². The van der Waals surface area contributed by atoms with E-state index in [1.54, 1.807) is 0 Å². The first-order valence-corrected chi connectivity index (χ1v) is 29.5. The van der Waals surface area contributed by atoms with Crippen LogP contribution < -0.4 is 0 Å². The number of nitrogens with zero attached hydrogens (tertiary/aromatic N) is 6. The van der Waals surface area contributed by atoms with Gasteiger partial charge in [0.2, 0.25) is 0 Å². The first kappa shape index (κ1) is 51.0. The Morgan fingerprint density at radius 3 is 1.34 bits per heavy atom. The second-order valence-electron chi connectivity index (χ2n) is 21.9. The van der Waals surface area contributed by atoms with Gasteiger partial charge in [-0.25, -0.2) is 15.0 Å². The molecule has 0 spiro atoms. The Balaban J connectivity index is 1.06. The molecule has 0 fully saturated rings. The molecule has 0 radical (unpaired) electrons. The van der Waals surface area contributed by atoms with Crippen LogP contribution >= 0.6 is 0 Å². The fourth-order valence-corrected chi connectivity index (χ4v) is 12.9. The smallest absolute Gasteiger partial charge is 0.164 e. The lowest BCUT2D eigenvalue weighted by Crippen LogP contribution is -2.06. The minimum Gasteiger partial charge on any atom is -0.309 e. The zero-order chi connectivity index (χ0) is 57.8. The highest BCUT2D eigenvalue weighted by molar-refractivity contribution is 6.18. The maximum absolute atomic E-state index is 5.39. The fraction of sp³-hybridized carbons (Fsp3) is 0. The zero-order valence-corrected chi connectivity index (χ0v) is 47.4. The van der Waals surface area contributed by atoms with Crippen molar-refractivity contribution in [3.8, 4) is 73.5 Å². The van der Waals surface area contributed by atoms with Crippen LogP contribution in [0.3, 0.4) is 0 Å². The zero-order valence-electron chi connectivity index (χ0n) is 47.4. The van der Waals surface area contributed by atoms with E-state index in [2.05, 4.69) is 287 Å². The summed E-state index contributed by atoms with van der Waals surface area (Å²) in [7, 11) is 0. The largest absolute Gasteiger partial charge is 0.309 e. The third-order valence-corrected chi connectivity index (χ3v) is 16.9. The molecule has 0 unspecified atom stereocenters. The fourth-order valence-electron chi connectivity index (χ4n) is 12.9. The van der Waals surface area contributed by atoms with Crippen LogP contribution in [-0.2, 0) is 0 Å². The second-order valence-corrected chi connectivity index (χ2v) is 21.9. The van der Waals surface area contributed by atoms with E-state index in [-0.39, 0.29) is 0 Å². The normalized spacial score (nSPS) is 12.0. The summed E-state index contributed by atoms with van der Waals surface area (Å²) < 4.78 is 7.41. The minimum absolute atomic E-state index is 0.547. The van der Waals surface area contributed by atoms with Crippen molar-refractivity contribution in [3.05, 3.63) is 327 Å². The lowest BCUT2D eigenvalue weighted by Gasteiger charge is -2.22. The minimum atomic E-state index is 0.547. The number of rotatable bonds is 12. The quantitative estimate of drug-likeness (QED) is 0.115. The van der Waals surface area contributed by atoms with Gasteiger partial charge in [0.15, 0.2) is 17.5 Å². The molecule has 0 aliphatic carbocycles. The average Bonchev–Trinajstić information content (AvgIpc) is 1.73. The molecular weight excluding hydrogens is 1060 g/mol. The van der Waals surface area contributed by atoms with Crippen molar-refractivity contribution >= 4 is 77.1 Å². The van der Waals surface area contributed by atoms with Crippen LogP contribution in [0.1, 0.15) is 11.1 Å². The standard InChI is InChI=1S/C81H54N6/c1-2-55(34-23-27-54-25-7-3-8-26-54)68-51-61(81-83-79(59-30-11-5-12-31-59)82-80(84-81)60-32-13-6-14-33-60)52-69(58-47-45-57(46-48-58)56-28-9-4-10-29-56)78(68)87-75-44-24-43-74(86-72-41-21-17-37-65(72)66-38-18-22-42-73(66)86)77(75)67-50-49-62(53-76(67)87)85-70-39-19-15-35-63(70)64-36-16-20-40-71(64)85/h2-53H,1H2/b27-23+,55-34+. The van der Waals surface area contributed by atoms with Crippen LogP contribution in [0.25, 0.3) is 151 Å². The Labute approximate surface area is 503 Å². The Morgan fingerprint density at radius 1 is 0.333 bits per heavy atom. The summed E-state index contributed by atoms with van der Waals surface area (Å²) in [5.74, 6) is 1.72. The van der Waals surface area contributed by atoms with E-state index in [1.165, 1.54) is 21.5 Å². The Kier molecular flexibility index (Phi) is 12.6. The van der Waals surface area contributed by atoms with Crippen LogP contribution in [0.4, 0.5) is 0 Å². The highest BCUT2D eigenvalue weighted by Gasteiger charge is 2.27. The molecule has 12 aromatic carbocycles. The molecular formula is C81H54N6. The van der Waals surface area contributed by atoms with Gasteiger partial charge in [-0.1, -0.05) is 261 Å². The Hall–Kier alpha value is -11.7. The Morgan fingerprint density at radius 2 is 0.793 bits per heavy atom. The van der Waals surface area contributed by atoms with E-state index in [0.717, 1.165) is 117 Å². The van der Waals surface area contributed by atoms with Crippen LogP contribution in [0.5, 0.6) is 0 Å². The van der Waals surface area contributed by atoms with Crippen molar-refractivity contribution < 1.29 is 0 Å². The molecule has 0 saturated heterocycles. The van der Waals surface area contributed by atoms with Gasteiger partial charge in [0, 0.05) is 65.8 Å². The van der Waals surface area contributed by atoms with Gasteiger partial charge < -0.3 is 13.7 Å². The van der Waals surface area contributed by atoms with Crippen molar-refractivity contribution in [2.75, 3.05) is 0 Å². The van der Waals surface area contributed by atoms with Crippen molar-refractivity contribution in [3.63, 3.8) is 0 Å². The average molecular weight is 1110 g/mol. The van der Waals surface area contributed by atoms with Crippen LogP contribution in [-0.4, -0.2) is 28.7 Å². The van der Waals surface area contributed by atoms with Gasteiger partial charge in [0.1, 0.15) is 0 Å². The molecule has 4 aromatic heterocycles. The molecule has 0 N–H and O–H groups in total. The van der Waals surface area contributed by atoms with Crippen molar-refractivity contribution in [1.82, 2.24) is 28.7 Å². The first-order valence-electron chi connectivity index (χ1n) is 29.5. The predicted octanol–water partition coefficient (Wildman–Crippen LogP) is 20.8. The number of allylic oxidation sites excluding steroid dienone is 4. The lowest BCUT2D eigenvalue weighted by atomic mass is 9.91. The van der Waals surface area contributed by atoms with Crippen molar-refractivity contribution in [2.45, 2.75) is 0 Å². The molecule has 6 heteroatoms. The molecule has 0 atom stereocenters. The number of benzene rings is 12. The molecule has 408 valence electrons. The van der Waals surface area contributed by atoms with Gasteiger partial charge in [-0.15, -0.1) is 0 Å². The molecule has 0 saturated carbocycles. The summed E-state index contributed by atoms with van der Waals surface area (Å²) in [5.41, 5.74) is 19.6. The number of aromatic nitrogens is 6. The van der Waals surface area contributed by atoms with E-state index in [1.807, 2.05) is 48.5 Å². The van der Waals surface area contributed by atoms with Gasteiger partial charge in [-0.2, -0.15) is 0 Å². The predicted molar refractivity (Wildman–Crippen MR) is 364 cm³/mol. The monoisotopic (exact) mass is 1110 g/mol. The molecule has 16 rings (SSSR count).